The molecule has 0 fully saturated rings. The SMILES string of the molecule is COC(=O)C=C(C)C=CC=C(C)C1=C(C2=C(C)CCCC2(C)C)O1. The number of hydrogen-bond donors (Lipinski definition) is 0. The van der Waals surface area contributed by atoms with Gasteiger partial charge in [-0.3, -0.25) is 0 Å². The molecule has 0 bridgehead atoms. The normalized spacial score (nSPS) is 21.2. The minimum absolute atomic E-state index is 0.190. The molecule has 0 saturated heterocycles. The van der Waals surface area contributed by atoms with Gasteiger partial charge in [-0.25, -0.2) is 4.79 Å². The van der Waals surface area contributed by atoms with Crippen molar-refractivity contribution in [2.24, 2.45) is 5.41 Å². The number of carbonyl (C=O) groups is 1. The zero-order chi connectivity index (χ0) is 17.9. The minimum atomic E-state index is -0.338. The molecule has 1 aliphatic heterocycles. The Hall–Kier alpha value is -2.03. The van der Waals surface area contributed by atoms with Crippen LogP contribution in [0.25, 0.3) is 0 Å². The number of carbonyl (C=O) groups excluding carboxylic acids is 1. The molecule has 24 heavy (non-hydrogen) atoms. The van der Waals surface area contributed by atoms with Crippen LogP contribution in [-0.2, 0) is 14.3 Å². The molecule has 0 saturated carbocycles. The highest BCUT2D eigenvalue weighted by Gasteiger charge is 2.40. The molecular formula is C21H28O3. The Morgan fingerprint density at radius 1 is 1.29 bits per heavy atom. The predicted octanol–water partition coefficient (Wildman–Crippen LogP) is 5.38. The lowest BCUT2D eigenvalue weighted by molar-refractivity contribution is -0.134. The molecule has 1 aliphatic carbocycles. The Bertz CT molecular complexity index is 682. The summed E-state index contributed by atoms with van der Waals surface area (Å²) in [6.07, 6.45) is 10.9. The zero-order valence-electron chi connectivity index (χ0n) is 15.7. The van der Waals surface area contributed by atoms with Gasteiger partial charge in [0.25, 0.3) is 0 Å². The molecule has 1 heterocycles. The van der Waals surface area contributed by atoms with Crippen molar-refractivity contribution in [1.82, 2.24) is 0 Å². The van der Waals surface area contributed by atoms with Gasteiger partial charge in [0.1, 0.15) is 0 Å². The third kappa shape index (κ3) is 4.28. The van der Waals surface area contributed by atoms with E-state index in [0.717, 1.165) is 22.7 Å². The van der Waals surface area contributed by atoms with Gasteiger partial charge in [-0.05, 0) is 56.6 Å². The van der Waals surface area contributed by atoms with E-state index in [1.54, 1.807) is 0 Å². The fourth-order valence-electron chi connectivity index (χ4n) is 3.34. The van der Waals surface area contributed by atoms with E-state index in [4.69, 9.17) is 4.74 Å². The summed E-state index contributed by atoms with van der Waals surface area (Å²) in [7, 11) is 1.38. The van der Waals surface area contributed by atoms with Crippen LogP contribution in [0.15, 0.2) is 58.1 Å². The van der Waals surface area contributed by atoms with Crippen LogP contribution in [0, 0.1) is 5.41 Å². The fourth-order valence-corrected chi connectivity index (χ4v) is 3.34. The second-order valence-corrected chi connectivity index (χ2v) is 7.27. The number of allylic oxidation sites excluding steroid dienone is 7. The molecule has 0 atom stereocenters. The first-order valence-corrected chi connectivity index (χ1v) is 8.50. The van der Waals surface area contributed by atoms with Gasteiger partial charge in [-0.2, -0.15) is 0 Å². The van der Waals surface area contributed by atoms with Gasteiger partial charge < -0.3 is 9.47 Å². The number of hydrogen-bond acceptors (Lipinski definition) is 3. The average Bonchev–Trinajstić information content (AvgIpc) is 3.26. The van der Waals surface area contributed by atoms with Gasteiger partial charge in [0.2, 0.25) is 0 Å². The molecule has 0 unspecified atom stereocenters. The highest BCUT2D eigenvalue weighted by molar-refractivity contribution is 5.83. The Morgan fingerprint density at radius 2 is 2.00 bits per heavy atom. The van der Waals surface area contributed by atoms with Crippen molar-refractivity contribution in [2.75, 3.05) is 7.11 Å². The molecule has 0 aromatic heterocycles. The van der Waals surface area contributed by atoms with Crippen LogP contribution >= 0.6 is 0 Å². The number of methoxy groups -OCH3 is 1. The topological polar surface area (TPSA) is 38.8 Å². The van der Waals surface area contributed by atoms with Crippen LogP contribution in [0.1, 0.15) is 53.9 Å². The van der Waals surface area contributed by atoms with E-state index < -0.39 is 0 Å². The number of rotatable bonds is 5. The van der Waals surface area contributed by atoms with E-state index in [0.29, 0.717) is 0 Å². The van der Waals surface area contributed by atoms with E-state index in [2.05, 4.69) is 32.4 Å². The van der Waals surface area contributed by atoms with Crippen LogP contribution in [0.2, 0.25) is 0 Å². The first kappa shape index (κ1) is 18.3. The van der Waals surface area contributed by atoms with Crippen molar-refractivity contribution < 1.29 is 14.3 Å². The first-order chi connectivity index (χ1) is 11.3. The summed E-state index contributed by atoms with van der Waals surface area (Å²) in [4.78, 5) is 11.2. The summed E-state index contributed by atoms with van der Waals surface area (Å²) in [5, 5.41) is 0. The maximum atomic E-state index is 11.2. The maximum absolute atomic E-state index is 11.2. The Kier molecular flexibility index (Phi) is 5.53. The van der Waals surface area contributed by atoms with E-state index >= 15 is 0 Å². The molecule has 0 amide bonds. The number of esters is 1. The highest BCUT2D eigenvalue weighted by Crippen LogP contribution is 2.51. The lowest BCUT2D eigenvalue weighted by Gasteiger charge is -2.32. The molecule has 2 rings (SSSR count). The van der Waals surface area contributed by atoms with Gasteiger partial charge in [-0.1, -0.05) is 37.6 Å². The zero-order valence-corrected chi connectivity index (χ0v) is 15.7. The summed E-state index contributed by atoms with van der Waals surface area (Å²) >= 11 is 0. The summed E-state index contributed by atoms with van der Waals surface area (Å²) < 4.78 is 10.5. The average molecular weight is 328 g/mol. The molecule has 130 valence electrons. The molecule has 0 N–H and O–H groups in total. The lowest BCUT2D eigenvalue weighted by Crippen LogP contribution is -2.20. The predicted molar refractivity (Wildman–Crippen MR) is 97.1 cm³/mol. The molecule has 2 aliphatic rings. The van der Waals surface area contributed by atoms with E-state index in [1.807, 2.05) is 25.2 Å². The smallest absolute Gasteiger partial charge is 0.330 e. The second kappa shape index (κ2) is 7.25. The quantitative estimate of drug-likeness (QED) is 0.386. The van der Waals surface area contributed by atoms with Crippen molar-refractivity contribution in [2.45, 2.75) is 53.9 Å². The minimum Gasteiger partial charge on any atom is -0.466 e. The Morgan fingerprint density at radius 3 is 2.62 bits per heavy atom. The first-order valence-electron chi connectivity index (χ1n) is 8.50. The third-order valence-corrected chi connectivity index (χ3v) is 4.66. The van der Waals surface area contributed by atoms with Crippen molar-refractivity contribution >= 4 is 5.97 Å². The summed E-state index contributed by atoms with van der Waals surface area (Å²) in [5.41, 5.74) is 4.99. The van der Waals surface area contributed by atoms with Gasteiger partial charge in [0.05, 0.1) is 7.11 Å². The molecule has 0 aromatic rings. The monoisotopic (exact) mass is 328 g/mol. The van der Waals surface area contributed by atoms with Gasteiger partial charge in [0, 0.05) is 11.6 Å². The maximum Gasteiger partial charge on any atom is 0.330 e. The summed E-state index contributed by atoms with van der Waals surface area (Å²) in [6.45, 7) is 10.8. The van der Waals surface area contributed by atoms with Crippen LogP contribution in [0.5, 0.6) is 0 Å². The van der Waals surface area contributed by atoms with E-state index in [9.17, 15) is 4.79 Å². The summed E-state index contributed by atoms with van der Waals surface area (Å²) in [6, 6.07) is 0. The molecule has 0 spiro atoms. The van der Waals surface area contributed by atoms with Gasteiger partial charge >= 0.3 is 5.97 Å². The van der Waals surface area contributed by atoms with Crippen molar-refractivity contribution in [3.63, 3.8) is 0 Å². The number of ether oxygens (including phenoxy) is 2. The molecule has 0 radical (unpaired) electrons. The van der Waals surface area contributed by atoms with E-state index in [-0.39, 0.29) is 11.4 Å². The summed E-state index contributed by atoms with van der Waals surface area (Å²) in [5.74, 6) is 1.73. The molecule has 0 aromatic carbocycles. The van der Waals surface area contributed by atoms with E-state index in [1.165, 1.54) is 43.6 Å². The molecule has 3 heteroatoms. The van der Waals surface area contributed by atoms with Crippen LogP contribution in [-0.4, -0.2) is 13.1 Å². The molecular weight excluding hydrogens is 300 g/mol. The van der Waals surface area contributed by atoms with Crippen molar-refractivity contribution in [3.8, 4) is 0 Å². The Labute approximate surface area is 145 Å². The van der Waals surface area contributed by atoms with Crippen LogP contribution in [0.3, 0.4) is 0 Å². The largest absolute Gasteiger partial charge is 0.466 e. The van der Waals surface area contributed by atoms with Crippen molar-refractivity contribution in [3.05, 3.63) is 58.1 Å². The van der Waals surface area contributed by atoms with Crippen LogP contribution in [0.4, 0.5) is 0 Å². The molecule has 3 nitrogen and oxygen atoms in total. The Balaban J connectivity index is 2.13. The van der Waals surface area contributed by atoms with Gasteiger partial charge in [-0.15, -0.1) is 0 Å². The third-order valence-electron chi connectivity index (χ3n) is 4.66. The second-order valence-electron chi connectivity index (χ2n) is 7.27. The standard InChI is InChI=1S/C21H28O3/c1-14(13-17(22)23-6)9-7-10-16(3)19-20(24-19)18-15(2)11-8-12-21(18,4)5/h7,9-10,13H,8,11-12H2,1-6H3. The highest BCUT2D eigenvalue weighted by atomic mass is 16.6. The van der Waals surface area contributed by atoms with Crippen molar-refractivity contribution in [1.29, 1.82) is 0 Å². The fraction of sp³-hybridized carbons (Fsp3) is 0.476. The van der Waals surface area contributed by atoms with Gasteiger partial charge in [0.15, 0.2) is 11.5 Å². The van der Waals surface area contributed by atoms with Crippen LogP contribution < -0.4 is 0 Å². The lowest BCUT2D eigenvalue weighted by atomic mass is 9.72.